The first-order valence-corrected chi connectivity index (χ1v) is 11.8. The molecule has 1 aliphatic heterocycles. The Kier molecular flexibility index (Phi) is 6.68. The van der Waals surface area contributed by atoms with Gasteiger partial charge in [0.2, 0.25) is 0 Å². The number of amides is 2. The molecule has 1 N–H and O–H groups in total. The summed E-state index contributed by atoms with van der Waals surface area (Å²) in [7, 11) is 0. The van der Waals surface area contributed by atoms with E-state index in [0.717, 1.165) is 51.8 Å². The summed E-state index contributed by atoms with van der Waals surface area (Å²) in [5.41, 5.74) is 5.96. The lowest BCUT2D eigenvalue weighted by Crippen LogP contribution is -2.35. The molecular weight excluding hydrogens is 488 g/mol. The van der Waals surface area contributed by atoms with E-state index in [4.69, 9.17) is 11.6 Å². The van der Waals surface area contributed by atoms with Crippen LogP contribution in [0, 0.1) is 6.92 Å². The van der Waals surface area contributed by atoms with Crippen LogP contribution in [0.2, 0.25) is 5.02 Å². The zero-order chi connectivity index (χ0) is 22.8. The van der Waals surface area contributed by atoms with Gasteiger partial charge in [-0.3, -0.25) is 9.59 Å². The summed E-state index contributed by atoms with van der Waals surface area (Å²) in [5, 5.41) is 3.63. The van der Waals surface area contributed by atoms with Gasteiger partial charge in [0.05, 0.1) is 0 Å². The van der Waals surface area contributed by atoms with E-state index < -0.39 is 0 Å². The van der Waals surface area contributed by atoms with Crippen molar-refractivity contribution in [3.8, 4) is 0 Å². The highest BCUT2D eigenvalue weighted by atomic mass is 79.9. The van der Waals surface area contributed by atoms with Crippen molar-refractivity contribution < 1.29 is 9.59 Å². The fraction of sp³-hybridized carbons (Fsp3) is 0.231. The van der Waals surface area contributed by atoms with E-state index in [-0.39, 0.29) is 11.8 Å². The average molecular weight is 512 g/mol. The maximum atomic E-state index is 13.1. The molecule has 3 aromatic carbocycles. The molecule has 0 unspecified atom stereocenters. The standard InChI is InChI=1S/C26H24BrClN2O2/c1-3-17-14-21(27)12-16(2)24(17)29-25(31)19-9-10-23-18(13-19)7-5-11-30(23)26(32)20-6-4-8-22(28)15-20/h4,6,8-10,12-15H,3,5,7,11H2,1-2H3,(H,29,31). The lowest BCUT2D eigenvalue weighted by molar-refractivity contribution is 0.0984. The van der Waals surface area contributed by atoms with Crippen LogP contribution in [0.1, 0.15) is 50.8 Å². The summed E-state index contributed by atoms with van der Waals surface area (Å²) in [6.45, 7) is 4.70. The van der Waals surface area contributed by atoms with Gasteiger partial charge in [0.1, 0.15) is 0 Å². The molecule has 3 aromatic rings. The number of aryl methyl sites for hydroxylation is 3. The van der Waals surface area contributed by atoms with E-state index in [1.807, 2.05) is 31.2 Å². The first kappa shape index (κ1) is 22.6. The van der Waals surface area contributed by atoms with E-state index in [0.29, 0.717) is 22.7 Å². The third-order valence-electron chi connectivity index (χ3n) is 5.78. The van der Waals surface area contributed by atoms with Crippen molar-refractivity contribution in [2.45, 2.75) is 33.1 Å². The molecule has 2 amide bonds. The molecule has 4 nitrogen and oxygen atoms in total. The Labute approximate surface area is 201 Å². The zero-order valence-electron chi connectivity index (χ0n) is 18.0. The molecule has 0 bridgehead atoms. The number of nitrogens with zero attached hydrogens (tertiary/aromatic N) is 1. The minimum absolute atomic E-state index is 0.0799. The van der Waals surface area contributed by atoms with E-state index in [1.54, 1.807) is 35.2 Å². The molecule has 6 heteroatoms. The van der Waals surface area contributed by atoms with Crippen molar-refractivity contribution in [1.82, 2.24) is 0 Å². The van der Waals surface area contributed by atoms with Gasteiger partial charge in [-0.2, -0.15) is 0 Å². The summed E-state index contributed by atoms with van der Waals surface area (Å²) in [6.07, 6.45) is 2.49. The Morgan fingerprint density at radius 2 is 1.91 bits per heavy atom. The number of anilines is 2. The van der Waals surface area contributed by atoms with Gasteiger partial charge in [-0.25, -0.2) is 0 Å². The highest BCUT2D eigenvalue weighted by Crippen LogP contribution is 2.31. The van der Waals surface area contributed by atoms with Crippen molar-refractivity contribution in [3.63, 3.8) is 0 Å². The molecule has 1 aliphatic rings. The number of benzene rings is 3. The van der Waals surface area contributed by atoms with Gasteiger partial charge < -0.3 is 10.2 Å². The van der Waals surface area contributed by atoms with Gasteiger partial charge in [0.25, 0.3) is 11.8 Å². The van der Waals surface area contributed by atoms with Crippen LogP contribution in [-0.2, 0) is 12.8 Å². The average Bonchev–Trinajstić information content (AvgIpc) is 2.79. The monoisotopic (exact) mass is 510 g/mol. The van der Waals surface area contributed by atoms with E-state index in [2.05, 4.69) is 28.2 Å². The maximum Gasteiger partial charge on any atom is 0.258 e. The zero-order valence-corrected chi connectivity index (χ0v) is 20.4. The summed E-state index contributed by atoms with van der Waals surface area (Å²) >= 11 is 9.60. The molecular formula is C26H24BrClN2O2. The van der Waals surface area contributed by atoms with Crippen molar-refractivity contribution >= 4 is 50.7 Å². The molecule has 0 fully saturated rings. The molecule has 1 heterocycles. The molecule has 0 atom stereocenters. The number of hydrogen-bond acceptors (Lipinski definition) is 2. The number of nitrogens with one attached hydrogen (secondary N) is 1. The van der Waals surface area contributed by atoms with Crippen LogP contribution in [-0.4, -0.2) is 18.4 Å². The summed E-state index contributed by atoms with van der Waals surface area (Å²) < 4.78 is 1.00. The van der Waals surface area contributed by atoms with Crippen molar-refractivity contribution in [2.75, 3.05) is 16.8 Å². The lowest BCUT2D eigenvalue weighted by Gasteiger charge is -2.30. The molecule has 164 valence electrons. The van der Waals surface area contributed by atoms with Gasteiger partial charge in [-0.1, -0.05) is 40.5 Å². The molecule has 4 rings (SSSR count). The summed E-state index contributed by atoms with van der Waals surface area (Å²) in [5.74, 6) is -0.227. The molecule has 0 aliphatic carbocycles. The molecule has 0 radical (unpaired) electrons. The lowest BCUT2D eigenvalue weighted by atomic mass is 9.97. The van der Waals surface area contributed by atoms with Crippen molar-refractivity contribution in [2.24, 2.45) is 0 Å². The summed E-state index contributed by atoms with van der Waals surface area (Å²) in [6, 6.07) is 16.6. The number of carbonyl (C=O) groups is 2. The predicted octanol–water partition coefficient (Wildman–Crippen LogP) is 6.82. The maximum absolute atomic E-state index is 13.1. The highest BCUT2D eigenvalue weighted by molar-refractivity contribution is 9.10. The number of carbonyl (C=O) groups excluding carboxylic acids is 2. The van der Waals surface area contributed by atoms with Crippen LogP contribution in [0.4, 0.5) is 11.4 Å². The van der Waals surface area contributed by atoms with Gasteiger partial charge in [0, 0.05) is 38.5 Å². The number of fused-ring (bicyclic) bond motifs is 1. The second-order valence-corrected chi connectivity index (χ2v) is 9.33. The minimum Gasteiger partial charge on any atom is -0.321 e. The molecule has 0 aromatic heterocycles. The normalized spacial score (nSPS) is 12.9. The highest BCUT2D eigenvalue weighted by Gasteiger charge is 2.25. The molecule has 0 spiro atoms. The van der Waals surface area contributed by atoms with Crippen molar-refractivity contribution in [3.05, 3.63) is 91.9 Å². The van der Waals surface area contributed by atoms with Gasteiger partial charge >= 0.3 is 0 Å². The first-order valence-electron chi connectivity index (χ1n) is 10.7. The Morgan fingerprint density at radius 1 is 1.09 bits per heavy atom. The molecule has 32 heavy (non-hydrogen) atoms. The Balaban J connectivity index is 1.60. The third kappa shape index (κ3) is 4.59. The smallest absolute Gasteiger partial charge is 0.258 e. The summed E-state index contributed by atoms with van der Waals surface area (Å²) in [4.78, 5) is 27.9. The minimum atomic E-state index is -0.147. The molecule has 0 saturated carbocycles. The SMILES string of the molecule is CCc1cc(Br)cc(C)c1NC(=O)c1ccc2c(c1)CCCN2C(=O)c1cccc(Cl)c1. The van der Waals surface area contributed by atoms with E-state index in [1.165, 1.54) is 0 Å². The first-order chi connectivity index (χ1) is 15.4. The van der Waals surface area contributed by atoms with Gasteiger partial charge in [0.15, 0.2) is 0 Å². The van der Waals surface area contributed by atoms with Crippen LogP contribution in [0.25, 0.3) is 0 Å². The van der Waals surface area contributed by atoms with Gasteiger partial charge in [-0.05, 0) is 91.4 Å². The van der Waals surface area contributed by atoms with Crippen LogP contribution in [0.15, 0.2) is 59.1 Å². The van der Waals surface area contributed by atoms with Crippen LogP contribution >= 0.6 is 27.5 Å². The Bertz CT molecular complexity index is 1210. The second kappa shape index (κ2) is 9.47. The van der Waals surface area contributed by atoms with E-state index in [9.17, 15) is 9.59 Å². The quantitative estimate of drug-likeness (QED) is 0.418. The fourth-order valence-electron chi connectivity index (χ4n) is 4.18. The topological polar surface area (TPSA) is 49.4 Å². The Morgan fingerprint density at radius 3 is 2.66 bits per heavy atom. The second-order valence-electron chi connectivity index (χ2n) is 7.98. The van der Waals surface area contributed by atoms with Crippen molar-refractivity contribution in [1.29, 1.82) is 0 Å². The van der Waals surface area contributed by atoms with Crippen LogP contribution in [0.5, 0.6) is 0 Å². The van der Waals surface area contributed by atoms with Crippen LogP contribution in [0.3, 0.4) is 0 Å². The third-order valence-corrected chi connectivity index (χ3v) is 6.47. The van der Waals surface area contributed by atoms with E-state index >= 15 is 0 Å². The number of rotatable bonds is 4. The fourth-order valence-corrected chi connectivity index (χ4v) is 4.99. The Hall–Kier alpha value is -2.63. The molecule has 0 saturated heterocycles. The largest absolute Gasteiger partial charge is 0.321 e. The number of hydrogen-bond donors (Lipinski definition) is 1. The van der Waals surface area contributed by atoms with Gasteiger partial charge in [-0.15, -0.1) is 0 Å². The van der Waals surface area contributed by atoms with Crippen LogP contribution < -0.4 is 10.2 Å². The number of halogens is 2. The predicted molar refractivity (Wildman–Crippen MR) is 134 cm³/mol.